The van der Waals surface area contributed by atoms with Crippen LogP contribution in [0.15, 0.2) is 5.16 Å². The van der Waals surface area contributed by atoms with E-state index in [4.69, 9.17) is 15.7 Å². The van der Waals surface area contributed by atoms with Crippen molar-refractivity contribution >= 4 is 5.84 Å². The second-order valence-electron chi connectivity index (χ2n) is 4.44. The maximum atomic E-state index is 8.48. The average Bonchev–Trinajstić information content (AvgIpc) is 2.31. The van der Waals surface area contributed by atoms with E-state index in [2.05, 4.69) is 30.8 Å². The normalized spacial score (nSPS) is 12.6. The van der Waals surface area contributed by atoms with E-state index >= 15 is 0 Å². The van der Waals surface area contributed by atoms with E-state index in [0.717, 1.165) is 39.1 Å². The quantitative estimate of drug-likeness (QED) is 0.202. The van der Waals surface area contributed by atoms with Gasteiger partial charge in [-0.05, 0) is 20.3 Å². The third-order valence-electron chi connectivity index (χ3n) is 2.68. The van der Waals surface area contributed by atoms with Crippen molar-refractivity contribution in [2.24, 2.45) is 10.9 Å². The molecule has 0 saturated carbocycles. The Kier molecular flexibility index (Phi) is 9.86. The summed E-state index contributed by atoms with van der Waals surface area (Å²) < 4.78 is 5.54. The van der Waals surface area contributed by atoms with Gasteiger partial charge in [0.2, 0.25) is 0 Å². The molecular formula is C12H27N3O2. The van der Waals surface area contributed by atoms with Crippen LogP contribution in [0.4, 0.5) is 0 Å². The first-order valence-corrected chi connectivity index (χ1v) is 6.40. The van der Waals surface area contributed by atoms with Gasteiger partial charge in [-0.25, -0.2) is 0 Å². The number of unbranched alkanes of at least 4 members (excludes halogenated alkanes) is 1. The fraction of sp³-hybridized carbons (Fsp3) is 0.917. The van der Waals surface area contributed by atoms with Crippen LogP contribution in [-0.4, -0.2) is 48.3 Å². The van der Waals surface area contributed by atoms with Crippen LogP contribution < -0.4 is 5.73 Å². The molecule has 3 N–H and O–H groups in total. The third-order valence-corrected chi connectivity index (χ3v) is 2.68. The molecule has 0 radical (unpaired) electrons. The lowest BCUT2D eigenvalue weighted by molar-refractivity contribution is 0.0919. The molecule has 0 heterocycles. The summed E-state index contributed by atoms with van der Waals surface area (Å²) in [6.45, 7) is 9.69. The van der Waals surface area contributed by atoms with Gasteiger partial charge in [0.25, 0.3) is 0 Å². The van der Waals surface area contributed by atoms with Crippen LogP contribution in [0.25, 0.3) is 0 Å². The lowest BCUT2D eigenvalue weighted by Crippen LogP contribution is -2.36. The largest absolute Gasteiger partial charge is 0.409 e. The highest BCUT2D eigenvalue weighted by Crippen LogP contribution is 2.00. The predicted octanol–water partition coefficient (Wildman–Crippen LogP) is 1.65. The van der Waals surface area contributed by atoms with Gasteiger partial charge in [-0.3, -0.25) is 4.90 Å². The number of ether oxygens (including phenoxy) is 1. The molecule has 102 valence electrons. The Hall–Kier alpha value is -0.810. The van der Waals surface area contributed by atoms with E-state index in [-0.39, 0.29) is 5.84 Å². The van der Waals surface area contributed by atoms with E-state index < -0.39 is 0 Å². The summed E-state index contributed by atoms with van der Waals surface area (Å²) in [6, 6.07) is 0.441. The molecule has 0 aromatic carbocycles. The molecule has 0 amide bonds. The molecule has 0 spiro atoms. The van der Waals surface area contributed by atoms with Crippen LogP contribution in [0.2, 0.25) is 0 Å². The van der Waals surface area contributed by atoms with Crippen molar-refractivity contribution in [1.82, 2.24) is 4.90 Å². The molecule has 0 saturated heterocycles. The SMILES string of the molecule is CCCCOCCN(CC/C(N)=N/O)C(C)C. The third kappa shape index (κ3) is 8.94. The first-order chi connectivity index (χ1) is 8.11. The Morgan fingerprint density at radius 3 is 2.59 bits per heavy atom. The first-order valence-electron chi connectivity index (χ1n) is 6.40. The maximum absolute atomic E-state index is 8.48. The molecule has 0 aliphatic carbocycles. The van der Waals surface area contributed by atoms with Gasteiger partial charge in [-0.15, -0.1) is 0 Å². The number of hydrogen-bond acceptors (Lipinski definition) is 4. The van der Waals surface area contributed by atoms with Crippen LogP contribution in [-0.2, 0) is 4.74 Å². The molecule has 0 aromatic heterocycles. The zero-order valence-corrected chi connectivity index (χ0v) is 11.4. The molecular weight excluding hydrogens is 218 g/mol. The van der Waals surface area contributed by atoms with Crippen LogP contribution in [0.1, 0.15) is 40.0 Å². The highest BCUT2D eigenvalue weighted by Gasteiger charge is 2.09. The average molecular weight is 245 g/mol. The highest BCUT2D eigenvalue weighted by molar-refractivity contribution is 5.79. The van der Waals surface area contributed by atoms with Gasteiger partial charge in [-0.1, -0.05) is 18.5 Å². The van der Waals surface area contributed by atoms with Gasteiger partial charge in [0, 0.05) is 32.2 Å². The molecule has 0 unspecified atom stereocenters. The number of nitrogens with zero attached hydrogens (tertiary/aromatic N) is 2. The number of nitrogens with two attached hydrogens (primary N) is 1. The Bertz CT molecular complexity index is 208. The van der Waals surface area contributed by atoms with Gasteiger partial charge in [-0.2, -0.15) is 0 Å². The maximum Gasteiger partial charge on any atom is 0.140 e. The smallest absolute Gasteiger partial charge is 0.140 e. The van der Waals surface area contributed by atoms with Crippen molar-refractivity contribution in [2.45, 2.75) is 46.1 Å². The van der Waals surface area contributed by atoms with Crippen molar-refractivity contribution in [1.29, 1.82) is 0 Å². The molecule has 0 atom stereocenters. The lowest BCUT2D eigenvalue weighted by Gasteiger charge is -2.26. The fourth-order valence-corrected chi connectivity index (χ4v) is 1.47. The van der Waals surface area contributed by atoms with Crippen LogP contribution in [0, 0.1) is 0 Å². The van der Waals surface area contributed by atoms with E-state index in [9.17, 15) is 0 Å². The summed E-state index contributed by atoms with van der Waals surface area (Å²) in [5.41, 5.74) is 5.46. The van der Waals surface area contributed by atoms with Gasteiger partial charge >= 0.3 is 0 Å². The monoisotopic (exact) mass is 245 g/mol. The molecule has 5 nitrogen and oxygen atoms in total. The minimum absolute atomic E-state index is 0.280. The molecule has 0 rings (SSSR count). The summed E-state index contributed by atoms with van der Waals surface area (Å²) in [6.07, 6.45) is 2.87. The summed E-state index contributed by atoms with van der Waals surface area (Å²) in [5.74, 6) is 0.280. The topological polar surface area (TPSA) is 71.1 Å². The number of hydrogen-bond donors (Lipinski definition) is 2. The zero-order valence-electron chi connectivity index (χ0n) is 11.4. The number of oxime groups is 1. The zero-order chi connectivity index (χ0) is 13.1. The van der Waals surface area contributed by atoms with E-state index in [1.165, 1.54) is 0 Å². The summed E-state index contributed by atoms with van der Waals surface area (Å²) in [4.78, 5) is 2.27. The molecule has 0 aromatic rings. The van der Waals surface area contributed by atoms with Crippen molar-refractivity contribution in [2.75, 3.05) is 26.3 Å². The van der Waals surface area contributed by atoms with Crippen molar-refractivity contribution in [3.8, 4) is 0 Å². The number of amidine groups is 1. The Morgan fingerprint density at radius 2 is 2.06 bits per heavy atom. The summed E-state index contributed by atoms with van der Waals surface area (Å²) in [7, 11) is 0. The van der Waals surface area contributed by atoms with Gasteiger partial charge in [0.05, 0.1) is 6.61 Å². The van der Waals surface area contributed by atoms with Crippen LogP contribution in [0.5, 0.6) is 0 Å². The van der Waals surface area contributed by atoms with Gasteiger partial charge < -0.3 is 15.7 Å². The molecule has 0 fully saturated rings. The Labute approximate surface area is 105 Å². The lowest BCUT2D eigenvalue weighted by atomic mass is 10.2. The second kappa shape index (κ2) is 10.4. The Balaban J connectivity index is 3.75. The van der Waals surface area contributed by atoms with Crippen molar-refractivity contribution in [3.05, 3.63) is 0 Å². The fourth-order valence-electron chi connectivity index (χ4n) is 1.47. The minimum atomic E-state index is 0.280. The first kappa shape index (κ1) is 16.2. The van der Waals surface area contributed by atoms with Crippen LogP contribution in [0.3, 0.4) is 0 Å². The number of rotatable bonds is 10. The second-order valence-corrected chi connectivity index (χ2v) is 4.44. The summed E-state index contributed by atoms with van der Waals surface area (Å²) in [5, 5.41) is 11.5. The highest BCUT2D eigenvalue weighted by atomic mass is 16.5. The van der Waals surface area contributed by atoms with E-state index in [0.29, 0.717) is 12.5 Å². The van der Waals surface area contributed by atoms with E-state index in [1.54, 1.807) is 0 Å². The summed E-state index contributed by atoms with van der Waals surface area (Å²) >= 11 is 0. The molecule has 0 aliphatic heterocycles. The molecule has 0 bridgehead atoms. The molecule has 17 heavy (non-hydrogen) atoms. The predicted molar refractivity (Wildman–Crippen MR) is 70.5 cm³/mol. The molecule has 0 aliphatic rings. The van der Waals surface area contributed by atoms with Crippen molar-refractivity contribution < 1.29 is 9.94 Å². The Morgan fingerprint density at radius 1 is 1.35 bits per heavy atom. The van der Waals surface area contributed by atoms with Gasteiger partial charge in [0.1, 0.15) is 5.84 Å². The minimum Gasteiger partial charge on any atom is -0.409 e. The molecule has 5 heteroatoms. The van der Waals surface area contributed by atoms with Crippen LogP contribution >= 0.6 is 0 Å². The van der Waals surface area contributed by atoms with Gasteiger partial charge in [0.15, 0.2) is 0 Å². The van der Waals surface area contributed by atoms with Crippen molar-refractivity contribution in [3.63, 3.8) is 0 Å². The standard InChI is InChI=1S/C12H27N3O2/c1-4-5-9-17-10-8-15(11(2)3)7-6-12(13)14-16/h11,16H,4-10H2,1-3H3,(H2,13,14). The van der Waals surface area contributed by atoms with E-state index in [1.807, 2.05) is 0 Å².